The molecule has 0 saturated heterocycles. The summed E-state index contributed by atoms with van der Waals surface area (Å²) in [5, 5.41) is 2.93. The van der Waals surface area contributed by atoms with Crippen molar-refractivity contribution in [1.82, 2.24) is 5.32 Å². The summed E-state index contributed by atoms with van der Waals surface area (Å²) >= 11 is 3.36. The first-order valence-corrected chi connectivity index (χ1v) is 5.71. The van der Waals surface area contributed by atoms with E-state index in [9.17, 15) is 4.79 Å². The predicted molar refractivity (Wildman–Crippen MR) is 65.7 cm³/mol. The summed E-state index contributed by atoms with van der Waals surface area (Å²) < 4.78 is 1.03. The number of rotatable bonds is 2. The van der Waals surface area contributed by atoms with E-state index in [0.717, 1.165) is 10.0 Å². The molecule has 0 aliphatic carbocycles. The predicted octanol–water partition coefficient (Wildman–Crippen LogP) is 2.91. The van der Waals surface area contributed by atoms with Gasteiger partial charge >= 0.3 is 0 Å². The van der Waals surface area contributed by atoms with Gasteiger partial charge < -0.3 is 5.32 Å². The van der Waals surface area contributed by atoms with Crippen molar-refractivity contribution < 1.29 is 4.79 Å². The van der Waals surface area contributed by atoms with E-state index in [2.05, 4.69) is 21.2 Å². The van der Waals surface area contributed by atoms with E-state index in [1.54, 1.807) is 0 Å². The minimum Gasteiger partial charge on any atom is -0.351 e. The molecule has 1 rings (SSSR count). The molecule has 0 unspecified atom stereocenters. The molecule has 0 bridgehead atoms. The number of carbonyl (C=O) groups excluding carboxylic acids is 1. The van der Waals surface area contributed by atoms with Gasteiger partial charge in [-0.1, -0.05) is 28.1 Å². The van der Waals surface area contributed by atoms with E-state index in [1.165, 1.54) is 0 Å². The van der Waals surface area contributed by atoms with Crippen LogP contribution in [0.15, 0.2) is 28.7 Å². The van der Waals surface area contributed by atoms with E-state index in [-0.39, 0.29) is 11.4 Å². The van der Waals surface area contributed by atoms with Crippen molar-refractivity contribution in [3.63, 3.8) is 0 Å². The standard InChI is InChI=1S/C12H16BrNO/c1-12(2,3)14-11(15)8-9-4-6-10(13)7-5-9/h4-7H,8H2,1-3H3,(H,14,15). The van der Waals surface area contributed by atoms with Gasteiger partial charge in [-0.2, -0.15) is 0 Å². The van der Waals surface area contributed by atoms with Crippen LogP contribution in [0.3, 0.4) is 0 Å². The van der Waals surface area contributed by atoms with Crippen LogP contribution in [0.4, 0.5) is 0 Å². The average molecular weight is 270 g/mol. The van der Waals surface area contributed by atoms with Crippen molar-refractivity contribution in [1.29, 1.82) is 0 Å². The molecule has 0 aromatic heterocycles. The Morgan fingerprint density at radius 2 is 1.80 bits per heavy atom. The van der Waals surface area contributed by atoms with Crippen LogP contribution < -0.4 is 5.32 Å². The minimum absolute atomic E-state index is 0.0600. The summed E-state index contributed by atoms with van der Waals surface area (Å²) in [4.78, 5) is 11.6. The molecular formula is C12H16BrNO. The van der Waals surface area contributed by atoms with E-state index < -0.39 is 0 Å². The Kier molecular flexibility index (Phi) is 3.91. The van der Waals surface area contributed by atoms with Crippen LogP contribution in [-0.4, -0.2) is 11.4 Å². The second kappa shape index (κ2) is 4.79. The van der Waals surface area contributed by atoms with Gasteiger partial charge in [-0.15, -0.1) is 0 Å². The molecule has 2 nitrogen and oxygen atoms in total. The Hall–Kier alpha value is -0.830. The lowest BCUT2D eigenvalue weighted by Crippen LogP contribution is -2.41. The molecule has 3 heteroatoms. The van der Waals surface area contributed by atoms with Crippen LogP contribution in [0.5, 0.6) is 0 Å². The lowest BCUT2D eigenvalue weighted by atomic mass is 10.1. The van der Waals surface area contributed by atoms with Crippen LogP contribution in [0.1, 0.15) is 26.3 Å². The van der Waals surface area contributed by atoms with Crippen LogP contribution in [0, 0.1) is 0 Å². The normalized spacial score (nSPS) is 11.2. The molecule has 82 valence electrons. The summed E-state index contributed by atoms with van der Waals surface area (Å²) in [6.07, 6.45) is 0.435. The molecule has 15 heavy (non-hydrogen) atoms. The van der Waals surface area contributed by atoms with E-state index in [0.29, 0.717) is 6.42 Å². The molecule has 0 saturated carbocycles. The molecule has 0 spiro atoms. The SMILES string of the molecule is CC(C)(C)NC(=O)Cc1ccc(Br)cc1. The Bertz CT molecular complexity index is 338. The van der Waals surface area contributed by atoms with Gasteiger partial charge in [0.2, 0.25) is 5.91 Å². The fraction of sp³-hybridized carbons (Fsp3) is 0.417. The van der Waals surface area contributed by atoms with Gasteiger partial charge in [0.15, 0.2) is 0 Å². The third kappa shape index (κ3) is 4.98. The maximum Gasteiger partial charge on any atom is 0.224 e. The lowest BCUT2D eigenvalue weighted by molar-refractivity contribution is -0.121. The van der Waals surface area contributed by atoms with E-state index >= 15 is 0 Å². The zero-order valence-corrected chi connectivity index (χ0v) is 10.9. The molecule has 1 aromatic carbocycles. The highest BCUT2D eigenvalue weighted by Gasteiger charge is 2.13. The fourth-order valence-electron chi connectivity index (χ4n) is 1.25. The quantitative estimate of drug-likeness (QED) is 0.879. The molecule has 1 N–H and O–H groups in total. The number of amides is 1. The molecule has 1 amide bonds. The largest absolute Gasteiger partial charge is 0.351 e. The molecule has 0 aliphatic heterocycles. The first kappa shape index (κ1) is 12.2. The fourth-order valence-corrected chi connectivity index (χ4v) is 1.51. The molecule has 0 aliphatic rings. The molecule has 0 fully saturated rings. The molecular weight excluding hydrogens is 254 g/mol. The Morgan fingerprint density at radius 3 is 2.27 bits per heavy atom. The minimum atomic E-state index is -0.160. The molecule has 0 atom stereocenters. The van der Waals surface area contributed by atoms with Gasteiger partial charge in [0.1, 0.15) is 0 Å². The topological polar surface area (TPSA) is 29.1 Å². The number of hydrogen-bond donors (Lipinski definition) is 1. The van der Waals surface area contributed by atoms with Gasteiger partial charge in [0.25, 0.3) is 0 Å². The average Bonchev–Trinajstić information content (AvgIpc) is 2.05. The van der Waals surface area contributed by atoms with Gasteiger partial charge in [-0.3, -0.25) is 4.79 Å². The maximum atomic E-state index is 11.6. The van der Waals surface area contributed by atoms with Gasteiger partial charge in [0.05, 0.1) is 6.42 Å². The second-order valence-electron chi connectivity index (χ2n) is 4.60. The zero-order chi connectivity index (χ0) is 11.5. The number of halogens is 1. The smallest absolute Gasteiger partial charge is 0.224 e. The van der Waals surface area contributed by atoms with Gasteiger partial charge in [0, 0.05) is 10.0 Å². The third-order valence-electron chi connectivity index (χ3n) is 1.79. The highest BCUT2D eigenvalue weighted by Crippen LogP contribution is 2.11. The van der Waals surface area contributed by atoms with Crippen molar-refractivity contribution in [3.8, 4) is 0 Å². The van der Waals surface area contributed by atoms with Crippen molar-refractivity contribution in [2.45, 2.75) is 32.7 Å². The van der Waals surface area contributed by atoms with Gasteiger partial charge in [-0.05, 0) is 38.5 Å². The number of carbonyl (C=O) groups is 1. The van der Waals surface area contributed by atoms with Crippen molar-refractivity contribution in [3.05, 3.63) is 34.3 Å². The molecule has 0 heterocycles. The number of hydrogen-bond acceptors (Lipinski definition) is 1. The Morgan fingerprint density at radius 1 is 1.27 bits per heavy atom. The van der Waals surface area contributed by atoms with Crippen molar-refractivity contribution in [2.24, 2.45) is 0 Å². The second-order valence-corrected chi connectivity index (χ2v) is 5.52. The van der Waals surface area contributed by atoms with Crippen LogP contribution >= 0.6 is 15.9 Å². The Balaban J connectivity index is 2.55. The highest BCUT2D eigenvalue weighted by atomic mass is 79.9. The van der Waals surface area contributed by atoms with Crippen molar-refractivity contribution in [2.75, 3.05) is 0 Å². The lowest BCUT2D eigenvalue weighted by Gasteiger charge is -2.20. The summed E-state index contributed by atoms with van der Waals surface area (Å²) in [7, 11) is 0. The third-order valence-corrected chi connectivity index (χ3v) is 2.32. The summed E-state index contributed by atoms with van der Waals surface area (Å²) in [5.41, 5.74) is 0.867. The monoisotopic (exact) mass is 269 g/mol. The van der Waals surface area contributed by atoms with Crippen LogP contribution in [0.2, 0.25) is 0 Å². The summed E-state index contributed by atoms with van der Waals surface area (Å²) in [5.74, 6) is 0.0600. The first-order chi connectivity index (χ1) is 6.87. The summed E-state index contributed by atoms with van der Waals surface area (Å²) in [6.45, 7) is 5.94. The highest BCUT2D eigenvalue weighted by molar-refractivity contribution is 9.10. The molecule has 1 aromatic rings. The van der Waals surface area contributed by atoms with Crippen molar-refractivity contribution >= 4 is 21.8 Å². The maximum absolute atomic E-state index is 11.6. The Labute approximate surface area is 99.2 Å². The number of benzene rings is 1. The number of nitrogens with one attached hydrogen (secondary N) is 1. The van der Waals surface area contributed by atoms with Gasteiger partial charge in [-0.25, -0.2) is 0 Å². The molecule has 0 radical (unpaired) electrons. The van der Waals surface area contributed by atoms with E-state index in [4.69, 9.17) is 0 Å². The first-order valence-electron chi connectivity index (χ1n) is 4.92. The van der Waals surface area contributed by atoms with Crippen LogP contribution in [0.25, 0.3) is 0 Å². The zero-order valence-electron chi connectivity index (χ0n) is 9.30. The summed E-state index contributed by atoms with van der Waals surface area (Å²) in [6, 6.07) is 7.79. The van der Waals surface area contributed by atoms with E-state index in [1.807, 2.05) is 45.0 Å². The van der Waals surface area contributed by atoms with Crippen LogP contribution in [-0.2, 0) is 11.2 Å².